The van der Waals surface area contributed by atoms with E-state index >= 15 is 0 Å². The highest BCUT2D eigenvalue weighted by molar-refractivity contribution is 5.81. The molecule has 22 heavy (non-hydrogen) atoms. The molecular formula is C17H22N4O. The van der Waals surface area contributed by atoms with Gasteiger partial charge in [0.15, 0.2) is 0 Å². The summed E-state index contributed by atoms with van der Waals surface area (Å²) < 4.78 is 2.15. The molecule has 3 heterocycles. The van der Waals surface area contributed by atoms with Gasteiger partial charge in [-0.2, -0.15) is 0 Å². The Bertz CT molecular complexity index is 676. The van der Waals surface area contributed by atoms with E-state index in [9.17, 15) is 4.79 Å². The van der Waals surface area contributed by atoms with E-state index < -0.39 is 0 Å². The largest absolute Gasteiger partial charge is 0.341 e. The Morgan fingerprint density at radius 1 is 1.18 bits per heavy atom. The molecule has 4 rings (SSSR count). The zero-order valence-electron chi connectivity index (χ0n) is 12.8. The Morgan fingerprint density at radius 3 is 2.95 bits per heavy atom. The number of imidazole rings is 1. The second-order valence-electron chi connectivity index (χ2n) is 6.41. The van der Waals surface area contributed by atoms with Crippen molar-refractivity contribution in [3.05, 3.63) is 36.3 Å². The Hall–Kier alpha value is -1.88. The summed E-state index contributed by atoms with van der Waals surface area (Å²) in [6.07, 6.45) is 7.29. The average molecular weight is 298 g/mol. The van der Waals surface area contributed by atoms with Gasteiger partial charge >= 0.3 is 0 Å². The molecule has 0 radical (unpaired) electrons. The molecule has 0 aromatic carbocycles. The highest BCUT2D eigenvalue weighted by Gasteiger charge is 2.33. The minimum atomic E-state index is 0.338. The predicted molar refractivity (Wildman–Crippen MR) is 84.4 cm³/mol. The van der Waals surface area contributed by atoms with Gasteiger partial charge in [-0.25, -0.2) is 4.98 Å². The first kappa shape index (κ1) is 13.8. The second kappa shape index (κ2) is 5.72. The van der Waals surface area contributed by atoms with Gasteiger partial charge in [-0.3, -0.25) is 9.69 Å². The van der Waals surface area contributed by atoms with Crippen molar-refractivity contribution < 1.29 is 4.79 Å². The highest BCUT2D eigenvalue weighted by atomic mass is 16.2. The first-order valence-corrected chi connectivity index (χ1v) is 8.23. The molecule has 5 nitrogen and oxygen atoms in total. The summed E-state index contributed by atoms with van der Waals surface area (Å²) in [5.41, 5.74) is 2.22. The minimum Gasteiger partial charge on any atom is -0.341 e. The lowest BCUT2D eigenvalue weighted by Gasteiger charge is -2.21. The SMILES string of the molecule is O=C(C1CC1)N1CCCN(Cc2cnc3ccccn23)CC1. The van der Waals surface area contributed by atoms with E-state index in [1.54, 1.807) is 0 Å². The Kier molecular flexibility index (Phi) is 3.58. The minimum absolute atomic E-state index is 0.338. The van der Waals surface area contributed by atoms with Gasteiger partial charge < -0.3 is 9.30 Å². The van der Waals surface area contributed by atoms with Crippen LogP contribution in [0.25, 0.3) is 5.65 Å². The molecule has 1 amide bonds. The summed E-state index contributed by atoms with van der Waals surface area (Å²) in [7, 11) is 0. The number of nitrogens with zero attached hydrogens (tertiary/aromatic N) is 4. The predicted octanol–water partition coefficient (Wildman–Crippen LogP) is 1.78. The summed E-state index contributed by atoms with van der Waals surface area (Å²) >= 11 is 0. The fourth-order valence-electron chi connectivity index (χ4n) is 3.27. The van der Waals surface area contributed by atoms with Crippen LogP contribution in [-0.4, -0.2) is 51.3 Å². The summed E-state index contributed by atoms with van der Waals surface area (Å²) in [6.45, 7) is 4.69. The van der Waals surface area contributed by atoms with Crippen LogP contribution >= 0.6 is 0 Å². The maximum absolute atomic E-state index is 12.2. The molecule has 2 fully saturated rings. The van der Waals surface area contributed by atoms with Gasteiger partial charge in [-0.05, 0) is 31.4 Å². The molecule has 0 bridgehead atoms. The molecule has 0 spiro atoms. The van der Waals surface area contributed by atoms with Crippen LogP contribution < -0.4 is 0 Å². The van der Waals surface area contributed by atoms with Gasteiger partial charge in [0.25, 0.3) is 0 Å². The zero-order valence-corrected chi connectivity index (χ0v) is 12.8. The summed E-state index contributed by atoms with van der Waals surface area (Å²) in [5, 5.41) is 0. The van der Waals surface area contributed by atoms with Crippen molar-refractivity contribution in [1.29, 1.82) is 0 Å². The standard InChI is InChI=1S/C17H22N4O/c22-17(14-5-6-14)20-8-3-7-19(10-11-20)13-15-12-18-16-4-1-2-9-21(15)16/h1-2,4,9,12,14H,3,5-8,10-11,13H2. The van der Waals surface area contributed by atoms with Crippen molar-refractivity contribution in [3.8, 4) is 0 Å². The molecule has 0 atom stereocenters. The van der Waals surface area contributed by atoms with E-state index in [2.05, 4.69) is 25.4 Å². The second-order valence-corrected chi connectivity index (χ2v) is 6.41. The number of amides is 1. The quantitative estimate of drug-likeness (QED) is 0.867. The Labute approximate surface area is 130 Å². The number of aromatic nitrogens is 2. The lowest BCUT2D eigenvalue weighted by molar-refractivity contribution is -0.132. The Balaban J connectivity index is 1.42. The third-order valence-electron chi connectivity index (χ3n) is 4.71. The first-order valence-electron chi connectivity index (χ1n) is 8.23. The van der Waals surface area contributed by atoms with Gasteiger partial charge in [-0.15, -0.1) is 0 Å². The van der Waals surface area contributed by atoms with Crippen molar-refractivity contribution >= 4 is 11.6 Å². The smallest absolute Gasteiger partial charge is 0.225 e. The fraction of sp³-hybridized carbons (Fsp3) is 0.529. The van der Waals surface area contributed by atoms with E-state index in [0.29, 0.717) is 11.8 Å². The van der Waals surface area contributed by atoms with Crippen LogP contribution in [-0.2, 0) is 11.3 Å². The summed E-state index contributed by atoms with van der Waals surface area (Å²) in [5.74, 6) is 0.724. The molecule has 0 unspecified atom stereocenters. The van der Waals surface area contributed by atoms with E-state index in [0.717, 1.165) is 57.6 Å². The normalized spacial score (nSPS) is 20.3. The van der Waals surface area contributed by atoms with Crippen LogP contribution in [0.5, 0.6) is 0 Å². The van der Waals surface area contributed by atoms with E-state index in [1.807, 2.05) is 24.4 Å². The van der Waals surface area contributed by atoms with Crippen LogP contribution in [0, 0.1) is 5.92 Å². The highest BCUT2D eigenvalue weighted by Crippen LogP contribution is 2.31. The number of fused-ring (bicyclic) bond motifs is 1. The third kappa shape index (κ3) is 2.73. The maximum Gasteiger partial charge on any atom is 0.225 e. The molecular weight excluding hydrogens is 276 g/mol. The van der Waals surface area contributed by atoms with Gasteiger partial charge in [0.1, 0.15) is 5.65 Å². The van der Waals surface area contributed by atoms with Crippen LogP contribution in [0.1, 0.15) is 25.0 Å². The number of carbonyl (C=O) groups is 1. The number of carbonyl (C=O) groups excluding carboxylic acids is 1. The van der Waals surface area contributed by atoms with E-state index in [1.165, 1.54) is 5.69 Å². The van der Waals surface area contributed by atoms with E-state index in [4.69, 9.17) is 0 Å². The van der Waals surface area contributed by atoms with Crippen molar-refractivity contribution in [2.24, 2.45) is 5.92 Å². The molecule has 2 aromatic heterocycles. The zero-order chi connectivity index (χ0) is 14.9. The lowest BCUT2D eigenvalue weighted by Crippen LogP contribution is -2.36. The van der Waals surface area contributed by atoms with Gasteiger partial charge in [0.05, 0.1) is 11.9 Å². The molecule has 1 aliphatic carbocycles. The molecule has 5 heteroatoms. The molecule has 1 aliphatic heterocycles. The van der Waals surface area contributed by atoms with Crippen LogP contribution in [0.2, 0.25) is 0 Å². The van der Waals surface area contributed by atoms with Crippen molar-refractivity contribution in [1.82, 2.24) is 19.2 Å². The number of pyridine rings is 1. The van der Waals surface area contributed by atoms with Crippen molar-refractivity contribution in [2.45, 2.75) is 25.8 Å². The maximum atomic E-state index is 12.2. The fourth-order valence-corrected chi connectivity index (χ4v) is 3.27. The lowest BCUT2D eigenvalue weighted by atomic mass is 10.3. The molecule has 0 N–H and O–H groups in total. The number of rotatable bonds is 3. The monoisotopic (exact) mass is 298 g/mol. The van der Waals surface area contributed by atoms with Gasteiger partial charge in [0, 0.05) is 44.8 Å². The van der Waals surface area contributed by atoms with Gasteiger partial charge in [-0.1, -0.05) is 6.07 Å². The summed E-state index contributed by atoms with van der Waals surface area (Å²) in [4.78, 5) is 21.2. The van der Waals surface area contributed by atoms with Crippen molar-refractivity contribution in [3.63, 3.8) is 0 Å². The summed E-state index contributed by atoms with van der Waals surface area (Å²) in [6, 6.07) is 6.08. The van der Waals surface area contributed by atoms with Crippen LogP contribution in [0.4, 0.5) is 0 Å². The molecule has 1 saturated heterocycles. The van der Waals surface area contributed by atoms with Gasteiger partial charge in [0.2, 0.25) is 5.91 Å². The number of hydrogen-bond acceptors (Lipinski definition) is 3. The van der Waals surface area contributed by atoms with Crippen molar-refractivity contribution in [2.75, 3.05) is 26.2 Å². The first-order chi connectivity index (χ1) is 10.8. The number of hydrogen-bond donors (Lipinski definition) is 0. The third-order valence-corrected chi connectivity index (χ3v) is 4.71. The Morgan fingerprint density at radius 2 is 2.09 bits per heavy atom. The molecule has 2 aliphatic rings. The van der Waals surface area contributed by atoms with Crippen LogP contribution in [0.15, 0.2) is 30.6 Å². The molecule has 2 aromatic rings. The van der Waals surface area contributed by atoms with Crippen LogP contribution in [0.3, 0.4) is 0 Å². The topological polar surface area (TPSA) is 40.9 Å². The van der Waals surface area contributed by atoms with E-state index in [-0.39, 0.29) is 0 Å². The average Bonchev–Trinajstić information content (AvgIpc) is 3.34. The molecule has 116 valence electrons. The molecule has 1 saturated carbocycles.